The summed E-state index contributed by atoms with van der Waals surface area (Å²) in [5.41, 5.74) is 1.24. The van der Waals surface area contributed by atoms with E-state index in [0.717, 1.165) is 39.0 Å². The summed E-state index contributed by atoms with van der Waals surface area (Å²) in [6.07, 6.45) is 2.11. The molecule has 1 saturated heterocycles. The van der Waals surface area contributed by atoms with E-state index in [2.05, 4.69) is 29.3 Å². The highest BCUT2D eigenvalue weighted by molar-refractivity contribution is 5.82. The lowest BCUT2D eigenvalue weighted by Crippen LogP contribution is -2.55. The van der Waals surface area contributed by atoms with Gasteiger partial charge in [-0.05, 0) is 31.2 Å². The van der Waals surface area contributed by atoms with Crippen molar-refractivity contribution in [3.63, 3.8) is 0 Å². The molecule has 0 unspecified atom stereocenters. The normalized spacial score (nSPS) is 20.8. The van der Waals surface area contributed by atoms with Crippen LogP contribution in [0, 0.1) is 5.92 Å². The quantitative estimate of drug-likeness (QED) is 0.858. The molecule has 0 bridgehead atoms. The van der Waals surface area contributed by atoms with Crippen LogP contribution in [0.5, 0.6) is 0 Å². The molecule has 1 saturated carbocycles. The van der Waals surface area contributed by atoms with Gasteiger partial charge in [-0.25, -0.2) is 0 Å². The van der Waals surface area contributed by atoms with E-state index in [1.54, 1.807) is 0 Å². The maximum atomic E-state index is 12.5. The summed E-state index contributed by atoms with van der Waals surface area (Å²) in [6.45, 7) is 7.78. The second-order valence-electron chi connectivity index (χ2n) is 7.37. The molecule has 1 aromatic carbocycles. The van der Waals surface area contributed by atoms with Gasteiger partial charge in [0.2, 0.25) is 11.8 Å². The first-order valence-electron chi connectivity index (χ1n) is 9.41. The van der Waals surface area contributed by atoms with Gasteiger partial charge in [0, 0.05) is 38.6 Å². The Labute approximate surface area is 150 Å². The Bertz CT molecular complexity index is 592. The second-order valence-corrected chi connectivity index (χ2v) is 7.37. The van der Waals surface area contributed by atoms with E-state index in [9.17, 15) is 9.59 Å². The van der Waals surface area contributed by atoms with Crippen LogP contribution in [-0.2, 0) is 9.59 Å². The minimum Gasteiger partial charge on any atom is -0.354 e. The van der Waals surface area contributed by atoms with Gasteiger partial charge >= 0.3 is 0 Å². The first-order valence-corrected chi connectivity index (χ1v) is 9.41. The van der Waals surface area contributed by atoms with Crippen molar-refractivity contribution in [3.8, 4) is 0 Å². The van der Waals surface area contributed by atoms with E-state index in [-0.39, 0.29) is 17.9 Å². The Hall–Kier alpha value is -1.88. The summed E-state index contributed by atoms with van der Waals surface area (Å²) in [5, 5.41) is 3.08. The SMILES string of the molecule is C[C@H](CNC(=O)[C@@H](C)N1CCN(C(=O)C2CC2)CC1)c1ccccc1. The molecule has 5 heteroatoms. The molecule has 2 amide bonds. The van der Waals surface area contributed by atoms with Gasteiger partial charge in [-0.1, -0.05) is 37.3 Å². The molecule has 0 spiro atoms. The van der Waals surface area contributed by atoms with Gasteiger partial charge < -0.3 is 10.2 Å². The van der Waals surface area contributed by atoms with Crippen LogP contribution in [-0.4, -0.2) is 60.4 Å². The maximum Gasteiger partial charge on any atom is 0.237 e. The number of piperazine rings is 1. The smallest absolute Gasteiger partial charge is 0.237 e. The largest absolute Gasteiger partial charge is 0.354 e. The molecule has 1 aromatic rings. The molecular formula is C20H29N3O2. The molecular weight excluding hydrogens is 314 g/mol. The molecule has 1 heterocycles. The number of hydrogen-bond donors (Lipinski definition) is 1. The Morgan fingerprint density at radius 3 is 2.32 bits per heavy atom. The van der Waals surface area contributed by atoms with Gasteiger partial charge in [0.1, 0.15) is 0 Å². The van der Waals surface area contributed by atoms with Crippen molar-refractivity contribution in [3.05, 3.63) is 35.9 Å². The third kappa shape index (κ3) is 4.60. The number of hydrogen-bond acceptors (Lipinski definition) is 3. The lowest BCUT2D eigenvalue weighted by Gasteiger charge is -2.37. The minimum absolute atomic E-state index is 0.0738. The summed E-state index contributed by atoms with van der Waals surface area (Å²) < 4.78 is 0. The van der Waals surface area contributed by atoms with Crippen LogP contribution in [0.1, 0.15) is 38.2 Å². The zero-order chi connectivity index (χ0) is 17.8. The third-order valence-electron chi connectivity index (χ3n) is 5.43. The van der Waals surface area contributed by atoms with Gasteiger partial charge in [-0.3, -0.25) is 14.5 Å². The fourth-order valence-electron chi connectivity index (χ4n) is 3.38. The van der Waals surface area contributed by atoms with Crippen LogP contribution < -0.4 is 5.32 Å². The average Bonchev–Trinajstić information content (AvgIpc) is 3.50. The van der Waals surface area contributed by atoms with Gasteiger partial charge in [-0.15, -0.1) is 0 Å². The first kappa shape index (κ1) is 17.9. The van der Waals surface area contributed by atoms with Crippen LogP contribution in [0.15, 0.2) is 30.3 Å². The fraction of sp³-hybridized carbons (Fsp3) is 0.600. The number of rotatable bonds is 6. The van der Waals surface area contributed by atoms with Crippen molar-refractivity contribution in [2.24, 2.45) is 5.92 Å². The van der Waals surface area contributed by atoms with Crippen LogP contribution in [0.25, 0.3) is 0 Å². The minimum atomic E-state index is -0.152. The summed E-state index contributed by atoms with van der Waals surface area (Å²) >= 11 is 0. The van der Waals surface area contributed by atoms with E-state index in [0.29, 0.717) is 18.4 Å². The topological polar surface area (TPSA) is 52.7 Å². The number of carbonyl (C=O) groups excluding carboxylic acids is 2. The highest BCUT2D eigenvalue weighted by atomic mass is 16.2. The summed E-state index contributed by atoms with van der Waals surface area (Å²) in [5.74, 6) is 0.968. The van der Waals surface area contributed by atoms with Crippen molar-refractivity contribution < 1.29 is 9.59 Å². The second kappa shape index (κ2) is 8.00. The lowest BCUT2D eigenvalue weighted by atomic mass is 10.0. The summed E-state index contributed by atoms with van der Waals surface area (Å²) in [6, 6.07) is 10.1. The average molecular weight is 343 g/mol. The zero-order valence-corrected chi connectivity index (χ0v) is 15.3. The molecule has 0 aromatic heterocycles. The molecule has 0 radical (unpaired) electrons. The van der Waals surface area contributed by atoms with Crippen LogP contribution in [0.2, 0.25) is 0 Å². The van der Waals surface area contributed by atoms with Crippen molar-refractivity contribution >= 4 is 11.8 Å². The maximum absolute atomic E-state index is 12.5. The van der Waals surface area contributed by atoms with Gasteiger partial charge in [0.15, 0.2) is 0 Å². The Morgan fingerprint density at radius 2 is 1.72 bits per heavy atom. The zero-order valence-electron chi connectivity index (χ0n) is 15.3. The van der Waals surface area contributed by atoms with Gasteiger partial charge in [0.05, 0.1) is 6.04 Å². The number of carbonyl (C=O) groups is 2. The van der Waals surface area contributed by atoms with Crippen LogP contribution in [0.4, 0.5) is 0 Å². The van der Waals surface area contributed by atoms with E-state index in [1.165, 1.54) is 5.56 Å². The molecule has 5 nitrogen and oxygen atoms in total. The van der Waals surface area contributed by atoms with E-state index >= 15 is 0 Å². The molecule has 3 rings (SSSR count). The molecule has 2 atom stereocenters. The van der Waals surface area contributed by atoms with Crippen molar-refractivity contribution in [1.82, 2.24) is 15.1 Å². The molecule has 136 valence electrons. The van der Waals surface area contributed by atoms with Crippen molar-refractivity contribution in [2.75, 3.05) is 32.7 Å². The van der Waals surface area contributed by atoms with Gasteiger partial charge in [-0.2, -0.15) is 0 Å². The van der Waals surface area contributed by atoms with Crippen LogP contribution >= 0.6 is 0 Å². The molecule has 2 fully saturated rings. The Morgan fingerprint density at radius 1 is 1.08 bits per heavy atom. The fourth-order valence-corrected chi connectivity index (χ4v) is 3.38. The standard InChI is InChI=1S/C20H29N3O2/c1-15(17-6-4-3-5-7-17)14-21-19(24)16(2)22-10-12-23(13-11-22)20(25)18-8-9-18/h3-7,15-16,18H,8-14H2,1-2H3,(H,21,24)/t15-,16-/m1/s1. The predicted octanol–water partition coefficient (Wildman–Crippen LogP) is 1.85. The summed E-state index contributed by atoms with van der Waals surface area (Å²) in [4.78, 5) is 28.7. The van der Waals surface area contributed by atoms with Gasteiger partial charge in [0.25, 0.3) is 0 Å². The van der Waals surface area contributed by atoms with Crippen LogP contribution in [0.3, 0.4) is 0 Å². The Kier molecular flexibility index (Phi) is 5.74. The molecule has 2 aliphatic rings. The molecule has 1 aliphatic carbocycles. The highest BCUT2D eigenvalue weighted by Crippen LogP contribution is 2.31. The highest BCUT2D eigenvalue weighted by Gasteiger charge is 2.35. The molecule has 1 aliphatic heterocycles. The monoisotopic (exact) mass is 343 g/mol. The molecule has 25 heavy (non-hydrogen) atoms. The van der Waals surface area contributed by atoms with Crippen molar-refractivity contribution in [2.45, 2.75) is 38.6 Å². The third-order valence-corrected chi connectivity index (χ3v) is 5.43. The van der Waals surface area contributed by atoms with E-state index in [4.69, 9.17) is 0 Å². The van der Waals surface area contributed by atoms with E-state index in [1.807, 2.05) is 30.0 Å². The Balaban J connectivity index is 1.42. The number of nitrogens with zero attached hydrogens (tertiary/aromatic N) is 2. The molecule has 1 N–H and O–H groups in total. The summed E-state index contributed by atoms with van der Waals surface area (Å²) in [7, 11) is 0. The first-order chi connectivity index (χ1) is 12.1. The van der Waals surface area contributed by atoms with E-state index < -0.39 is 0 Å². The predicted molar refractivity (Wildman–Crippen MR) is 98.2 cm³/mol. The van der Waals surface area contributed by atoms with Crippen molar-refractivity contribution in [1.29, 1.82) is 0 Å². The number of nitrogens with one attached hydrogen (secondary N) is 1. The number of amides is 2. The number of benzene rings is 1. The lowest BCUT2D eigenvalue weighted by molar-refractivity contribution is -0.135.